The topological polar surface area (TPSA) is 42.7 Å². The van der Waals surface area contributed by atoms with E-state index in [4.69, 9.17) is 5.10 Å². The minimum atomic E-state index is 0.209. The van der Waals surface area contributed by atoms with Crippen LogP contribution < -0.4 is 5.32 Å². The molecule has 0 saturated heterocycles. The fourth-order valence-corrected chi connectivity index (χ4v) is 2.50. The van der Waals surface area contributed by atoms with Gasteiger partial charge in [-0.2, -0.15) is 5.10 Å². The van der Waals surface area contributed by atoms with E-state index in [1.54, 1.807) is 0 Å². The van der Waals surface area contributed by atoms with E-state index in [9.17, 15) is 0 Å². The Bertz CT molecular complexity index is 502. The molecule has 0 bridgehead atoms. The number of nitrogens with one attached hydrogen (secondary N) is 1. The summed E-state index contributed by atoms with van der Waals surface area (Å²) in [4.78, 5) is 4.42. The van der Waals surface area contributed by atoms with Crippen LogP contribution in [0.5, 0.6) is 0 Å². The summed E-state index contributed by atoms with van der Waals surface area (Å²) in [5.41, 5.74) is 2.17. The van der Waals surface area contributed by atoms with Crippen LogP contribution in [0.3, 0.4) is 0 Å². The minimum Gasteiger partial charge on any atom is -0.311 e. The van der Waals surface area contributed by atoms with Crippen LogP contribution in [0.2, 0.25) is 0 Å². The lowest BCUT2D eigenvalue weighted by atomic mass is 10.1. The highest BCUT2D eigenvalue weighted by atomic mass is 15.3. The van der Waals surface area contributed by atoms with Gasteiger partial charge in [0.25, 0.3) is 0 Å². The van der Waals surface area contributed by atoms with E-state index >= 15 is 0 Å². The molecule has 2 aromatic rings. The summed E-state index contributed by atoms with van der Waals surface area (Å²) in [7, 11) is 1.97. The van der Waals surface area contributed by atoms with E-state index < -0.39 is 0 Å². The zero-order valence-electron chi connectivity index (χ0n) is 12.6. The number of pyridine rings is 1. The first-order valence-electron chi connectivity index (χ1n) is 7.40. The third-order valence-corrected chi connectivity index (χ3v) is 3.79. The highest BCUT2D eigenvalue weighted by Crippen LogP contribution is 2.18. The lowest BCUT2D eigenvalue weighted by molar-refractivity contribution is 0.423. The van der Waals surface area contributed by atoms with Crippen molar-refractivity contribution in [1.82, 2.24) is 20.1 Å². The quantitative estimate of drug-likeness (QED) is 0.842. The summed E-state index contributed by atoms with van der Waals surface area (Å²) in [6.45, 7) is 4.42. The van der Waals surface area contributed by atoms with Crippen LogP contribution in [-0.4, -0.2) is 21.8 Å². The van der Waals surface area contributed by atoms with Gasteiger partial charge in [0, 0.05) is 18.8 Å². The van der Waals surface area contributed by atoms with Gasteiger partial charge in [0.1, 0.15) is 0 Å². The maximum atomic E-state index is 4.71. The lowest BCUT2D eigenvalue weighted by Gasteiger charge is -2.15. The van der Waals surface area contributed by atoms with Gasteiger partial charge in [0.2, 0.25) is 0 Å². The molecule has 0 radical (unpaired) electrons. The van der Waals surface area contributed by atoms with E-state index in [1.165, 1.54) is 0 Å². The van der Waals surface area contributed by atoms with Crippen molar-refractivity contribution in [2.45, 2.75) is 45.2 Å². The summed E-state index contributed by atoms with van der Waals surface area (Å²) in [5.74, 6) is 0. The Hall–Kier alpha value is -1.68. The maximum absolute atomic E-state index is 4.71. The number of nitrogens with zero attached hydrogens (tertiary/aromatic N) is 3. The largest absolute Gasteiger partial charge is 0.311 e. The molecule has 0 fully saturated rings. The van der Waals surface area contributed by atoms with Gasteiger partial charge in [0.05, 0.1) is 23.5 Å². The van der Waals surface area contributed by atoms with Gasteiger partial charge < -0.3 is 5.32 Å². The summed E-state index contributed by atoms with van der Waals surface area (Å²) < 4.78 is 2.10. The summed E-state index contributed by atoms with van der Waals surface area (Å²) in [6.07, 6.45) is 7.03. The third kappa shape index (κ3) is 3.45. The van der Waals surface area contributed by atoms with Crippen LogP contribution in [-0.2, 0) is 6.42 Å². The van der Waals surface area contributed by atoms with Gasteiger partial charge in [-0.25, -0.2) is 0 Å². The summed E-state index contributed by atoms with van der Waals surface area (Å²) in [5, 5.41) is 8.04. The normalized spacial score (nSPS) is 12.8. The molecule has 1 N–H and O–H groups in total. The van der Waals surface area contributed by atoms with Crippen molar-refractivity contribution in [2.75, 3.05) is 7.05 Å². The van der Waals surface area contributed by atoms with Gasteiger partial charge in [-0.05, 0) is 38.1 Å². The average molecular weight is 272 g/mol. The molecule has 2 rings (SSSR count). The van der Waals surface area contributed by atoms with Crippen molar-refractivity contribution < 1.29 is 0 Å². The van der Waals surface area contributed by atoms with E-state index in [2.05, 4.69) is 47.2 Å². The Morgan fingerprint density at radius 3 is 2.60 bits per heavy atom. The highest BCUT2D eigenvalue weighted by molar-refractivity contribution is 5.12. The predicted molar refractivity (Wildman–Crippen MR) is 81.6 cm³/mol. The van der Waals surface area contributed by atoms with Crippen LogP contribution in [0.1, 0.15) is 50.2 Å². The predicted octanol–water partition coefficient (Wildman–Crippen LogP) is 3.14. The number of hydrogen-bond donors (Lipinski definition) is 1. The Kier molecular flexibility index (Phi) is 5.30. The molecule has 0 aliphatic rings. The molecule has 0 aliphatic carbocycles. The molecule has 0 spiro atoms. The van der Waals surface area contributed by atoms with Crippen LogP contribution in [0.25, 0.3) is 0 Å². The molecular formula is C16H24N4. The Labute approximate surface area is 121 Å². The van der Waals surface area contributed by atoms with Crippen LogP contribution in [0.4, 0.5) is 0 Å². The van der Waals surface area contributed by atoms with Crippen molar-refractivity contribution >= 4 is 0 Å². The monoisotopic (exact) mass is 272 g/mol. The number of aromatic nitrogens is 3. The Morgan fingerprint density at radius 1 is 1.20 bits per heavy atom. The first-order valence-corrected chi connectivity index (χ1v) is 7.40. The molecule has 4 heteroatoms. The zero-order valence-corrected chi connectivity index (χ0v) is 12.6. The van der Waals surface area contributed by atoms with Crippen LogP contribution in [0.15, 0.2) is 36.7 Å². The van der Waals surface area contributed by atoms with E-state index in [1.807, 2.05) is 25.4 Å². The fourth-order valence-electron chi connectivity index (χ4n) is 2.50. The number of rotatable bonds is 7. The maximum Gasteiger partial charge on any atom is 0.0644 e. The second-order valence-electron chi connectivity index (χ2n) is 5.06. The molecule has 20 heavy (non-hydrogen) atoms. The molecule has 2 aromatic heterocycles. The SMILES string of the molecule is CCC(CC)n1ccc(CC(NC)c2ccccn2)n1. The number of likely N-dealkylation sites (N-methyl/N-ethyl adjacent to an activating group) is 1. The van der Waals surface area contributed by atoms with Gasteiger partial charge in [-0.15, -0.1) is 0 Å². The van der Waals surface area contributed by atoms with Crippen molar-refractivity contribution in [3.63, 3.8) is 0 Å². The zero-order chi connectivity index (χ0) is 14.4. The smallest absolute Gasteiger partial charge is 0.0644 e. The fraction of sp³-hybridized carbons (Fsp3) is 0.500. The summed E-state index contributed by atoms with van der Waals surface area (Å²) >= 11 is 0. The van der Waals surface area contributed by atoms with Gasteiger partial charge in [0.15, 0.2) is 0 Å². The standard InChI is InChI=1S/C16H24N4/c1-4-14(5-2)20-11-9-13(19-20)12-16(17-3)15-8-6-7-10-18-15/h6-11,14,16-17H,4-5,12H2,1-3H3. The van der Waals surface area contributed by atoms with E-state index in [-0.39, 0.29) is 6.04 Å². The first-order chi connectivity index (χ1) is 9.78. The molecule has 0 amide bonds. The highest BCUT2D eigenvalue weighted by Gasteiger charge is 2.14. The molecule has 0 aliphatic heterocycles. The second kappa shape index (κ2) is 7.20. The molecule has 108 valence electrons. The Morgan fingerprint density at radius 2 is 2.00 bits per heavy atom. The molecule has 2 heterocycles. The molecule has 4 nitrogen and oxygen atoms in total. The molecule has 0 aromatic carbocycles. The van der Waals surface area contributed by atoms with Gasteiger partial charge in [-0.1, -0.05) is 19.9 Å². The van der Waals surface area contributed by atoms with Crippen molar-refractivity contribution in [2.24, 2.45) is 0 Å². The minimum absolute atomic E-state index is 0.209. The average Bonchev–Trinajstić information content (AvgIpc) is 2.95. The third-order valence-electron chi connectivity index (χ3n) is 3.79. The molecular weight excluding hydrogens is 248 g/mol. The van der Waals surface area contributed by atoms with Crippen molar-refractivity contribution in [3.8, 4) is 0 Å². The molecule has 1 unspecified atom stereocenters. The van der Waals surface area contributed by atoms with Gasteiger partial charge >= 0.3 is 0 Å². The molecule has 1 atom stereocenters. The molecule has 0 saturated carbocycles. The van der Waals surface area contributed by atoms with Crippen molar-refractivity contribution in [3.05, 3.63) is 48.0 Å². The van der Waals surface area contributed by atoms with E-state index in [0.717, 1.165) is 30.7 Å². The second-order valence-corrected chi connectivity index (χ2v) is 5.06. The van der Waals surface area contributed by atoms with Gasteiger partial charge in [-0.3, -0.25) is 9.67 Å². The lowest BCUT2D eigenvalue weighted by Crippen LogP contribution is -2.20. The summed E-state index contributed by atoms with van der Waals surface area (Å²) in [6, 6.07) is 8.85. The number of hydrogen-bond acceptors (Lipinski definition) is 3. The van der Waals surface area contributed by atoms with E-state index in [0.29, 0.717) is 6.04 Å². The van der Waals surface area contributed by atoms with Crippen LogP contribution in [0, 0.1) is 0 Å². The van der Waals surface area contributed by atoms with Crippen molar-refractivity contribution in [1.29, 1.82) is 0 Å². The first kappa shape index (κ1) is 14.7. The Balaban J connectivity index is 2.09. The van der Waals surface area contributed by atoms with Crippen LogP contribution >= 0.6 is 0 Å².